The quantitative estimate of drug-likeness (QED) is 0.176. The molecule has 0 unspecified atom stereocenters. The maximum absolute atomic E-state index is 13.1. The summed E-state index contributed by atoms with van der Waals surface area (Å²) in [5.74, 6) is -3.59. The predicted molar refractivity (Wildman–Crippen MR) is 110 cm³/mol. The van der Waals surface area contributed by atoms with Gasteiger partial charge in [-0.1, -0.05) is 21.4 Å². The minimum absolute atomic E-state index is 0.000153. The predicted octanol–water partition coefficient (Wildman–Crippen LogP) is 0.747. The summed E-state index contributed by atoms with van der Waals surface area (Å²) in [6, 6.07) is -1.94. The Morgan fingerprint density at radius 2 is 2.06 bits per heavy atom. The molecule has 0 spiro atoms. The van der Waals surface area contributed by atoms with Gasteiger partial charge >= 0.3 is 12.1 Å². The Morgan fingerprint density at radius 3 is 2.65 bits per heavy atom. The molecule has 2 atom stereocenters. The summed E-state index contributed by atoms with van der Waals surface area (Å²) in [4.78, 5) is 40.6. The number of anilines is 1. The van der Waals surface area contributed by atoms with Crippen molar-refractivity contribution in [1.29, 1.82) is 0 Å². The second-order valence-corrected chi connectivity index (χ2v) is 9.38. The van der Waals surface area contributed by atoms with Gasteiger partial charge in [-0.2, -0.15) is 22.5 Å². The molecular weight excluding hydrogens is 525 g/mol. The number of aromatic nitrogens is 4. The van der Waals surface area contributed by atoms with Crippen LogP contribution >= 0.6 is 34.8 Å². The monoisotopic (exact) mass is 536 g/mol. The molecule has 5 N–H and O–H groups in total. The second kappa shape index (κ2) is 8.80. The summed E-state index contributed by atoms with van der Waals surface area (Å²) in [6.45, 7) is 0. The maximum atomic E-state index is 13.1. The molecule has 2 amide bonds. The molecule has 34 heavy (non-hydrogen) atoms. The minimum Gasteiger partial charge on any atom is -0.477 e. The number of nitrogen functional groups attached to an aromatic ring is 1. The van der Waals surface area contributed by atoms with Crippen LogP contribution in [0.25, 0.3) is 0 Å². The van der Waals surface area contributed by atoms with E-state index in [1.54, 1.807) is 0 Å². The molecule has 4 rings (SSSR count). The summed E-state index contributed by atoms with van der Waals surface area (Å²) in [6.07, 6.45) is -4.57. The molecule has 0 bridgehead atoms. The van der Waals surface area contributed by atoms with Crippen molar-refractivity contribution in [1.82, 2.24) is 29.2 Å². The summed E-state index contributed by atoms with van der Waals surface area (Å²) in [7, 11) is 0. The number of nitrogens with zero attached hydrogens (tertiary/aromatic N) is 6. The molecule has 2 aliphatic rings. The highest BCUT2D eigenvalue weighted by Crippen LogP contribution is 2.46. The van der Waals surface area contributed by atoms with E-state index in [1.807, 2.05) is 0 Å². The first-order chi connectivity index (χ1) is 16.0. The van der Waals surface area contributed by atoms with Crippen LogP contribution in [-0.4, -0.2) is 69.7 Å². The van der Waals surface area contributed by atoms with Crippen LogP contribution in [0.5, 0.6) is 0 Å². The normalized spacial score (nSPS) is 20.7. The standard InChI is InChI=1S/C15H11F3N8O5S3/c16-15(17,18)8-11(22-25-33-8)32-4-2-1-3-5(12(28)26(3)7(4)13(29)30)20-10(27)6(23-31)9-21-14(19)34-24-9/h3,5,31H,1-2H2,(H,20,27)(H,29,30)(H2,19,21,24)/b23-6-/t3-,5+/m1/s1. The number of alkyl halides is 3. The number of fused-ring (bicyclic) bond motifs is 1. The molecule has 1 fully saturated rings. The zero-order chi connectivity index (χ0) is 24.8. The summed E-state index contributed by atoms with van der Waals surface area (Å²) < 4.78 is 46.4. The summed E-state index contributed by atoms with van der Waals surface area (Å²) in [5, 5.41) is 26.9. The Hall–Kier alpha value is -3.32. The number of thioether (sulfide) groups is 1. The molecule has 0 saturated carbocycles. The Kier molecular flexibility index (Phi) is 6.16. The van der Waals surface area contributed by atoms with Crippen molar-refractivity contribution in [3.05, 3.63) is 21.3 Å². The number of allylic oxidation sites excluding steroid dienone is 1. The topological polar surface area (TPSA) is 197 Å². The van der Waals surface area contributed by atoms with Gasteiger partial charge < -0.3 is 21.4 Å². The van der Waals surface area contributed by atoms with E-state index in [9.17, 15) is 32.7 Å². The highest BCUT2D eigenvalue weighted by atomic mass is 32.2. The average Bonchev–Trinajstić information content (AvgIpc) is 3.41. The van der Waals surface area contributed by atoms with E-state index in [1.165, 1.54) is 0 Å². The number of carbonyl (C=O) groups is 3. The highest BCUT2D eigenvalue weighted by molar-refractivity contribution is 8.03. The lowest BCUT2D eigenvalue weighted by Gasteiger charge is -2.49. The Balaban J connectivity index is 1.55. The van der Waals surface area contributed by atoms with Gasteiger partial charge in [0.2, 0.25) is 11.5 Å². The molecule has 0 aromatic carbocycles. The van der Waals surface area contributed by atoms with Gasteiger partial charge in [0.1, 0.15) is 16.8 Å². The number of β-lactam (4-membered cyclic amide) rings is 1. The van der Waals surface area contributed by atoms with Gasteiger partial charge in [-0.25, -0.2) is 4.79 Å². The smallest absolute Gasteiger partial charge is 0.429 e. The van der Waals surface area contributed by atoms with E-state index in [-0.39, 0.29) is 40.2 Å². The molecule has 2 aliphatic heterocycles. The van der Waals surface area contributed by atoms with Crippen molar-refractivity contribution in [3.63, 3.8) is 0 Å². The number of carbonyl (C=O) groups excluding carboxylic acids is 2. The van der Waals surface area contributed by atoms with Crippen LogP contribution in [0.2, 0.25) is 0 Å². The van der Waals surface area contributed by atoms with Gasteiger partial charge in [0.15, 0.2) is 10.0 Å². The van der Waals surface area contributed by atoms with Gasteiger partial charge in [-0.15, -0.1) is 5.10 Å². The summed E-state index contributed by atoms with van der Waals surface area (Å²) in [5.41, 5.74) is 4.34. The molecule has 180 valence electrons. The molecular formula is C15H11F3N8O5S3. The van der Waals surface area contributed by atoms with Crippen LogP contribution in [0.4, 0.5) is 18.3 Å². The maximum Gasteiger partial charge on any atom is 0.429 e. The van der Waals surface area contributed by atoms with Crippen molar-refractivity contribution < 1.29 is 37.9 Å². The van der Waals surface area contributed by atoms with E-state index >= 15 is 0 Å². The fourth-order valence-electron chi connectivity index (χ4n) is 3.40. The van der Waals surface area contributed by atoms with Gasteiger partial charge in [0.05, 0.1) is 6.04 Å². The number of carboxylic acid groups (broad SMARTS) is 1. The van der Waals surface area contributed by atoms with E-state index < -0.39 is 57.4 Å². The lowest BCUT2D eigenvalue weighted by molar-refractivity contribution is -0.155. The van der Waals surface area contributed by atoms with Crippen molar-refractivity contribution in [2.75, 3.05) is 5.73 Å². The fourth-order valence-corrected chi connectivity index (χ4v) is 5.58. The third-order valence-electron chi connectivity index (χ3n) is 4.79. The van der Waals surface area contributed by atoms with E-state index in [2.05, 4.69) is 29.4 Å². The van der Waals surface area contributed by atoms with Crippen molar-refractivity contribution in [2.24, 2.45) is 5.16 Å². The number of halogens is 3. The third-order valence-corrected chi connectivity index (χ3v) is 7.35. The second-order valence-electron chi connectivity index (χ2n) is 6.75. The molecule has 4 heterocycles. The van der Waals surface area contributed by atoms with Gasteiger partial charge in [-0.05, 0) is 24.4 Å². The van der Waals surface area contributed by atoms with Crippen molar-refractivity contribution in [3.8, 4) is 0 Å². The van der Waals surface area contributed by atoms with Crippen LogP contribution in [-0.2, 0) is 20.6 Å². The van der Waals surface area contributed by atoms with Crippen LogP contribution in [0.15, 0.2) is 20.8 Å². The van der Waals surface area contributed by atoms with Crippen LogP contribution in [0, 0.1) is 0 Å². The number of oxime groups is 1. The molecule has 1 saturated heterocycles. The average molecular weight is 536 g/mol. The lowest BCUT2D eigenvalue weighted by atomic mass is 9.86. The molecule has 2 aromatic heterocycles. The van der Waals surface area contributed by atoms with Crippen LogP contribution in [0.3, 0.4) is 0 Å². The molecule has 0 radical (unpaired) electrons. The number of aliphatic carboxylic acids is 1. The van der Waals surface area contributed by atoms with E-state index in [4.69, 9.17) is 10.9 Å². The Bertz CT molecular complexity index is 1240. The molecule has 13 nitrogen and oxygen atoms in total. The van der Waals surface area contributed by atoms with Crippen molar-refractivity contribution >= 4 is 63.5 Å². The summed E-state index contributed by atoms with van der Waals surface area (Å²) >= 11 is 1.36. The number of hydrogen-bond donors (Lipinski definition) is 4. The number of rotatable bonds is 6. The van der Waals surface area contributed by atoms with Gasteiger partial charge in [0, 0.05) is 16.4 Å². The minimum atomic E-state index is -4.72. The lowest BCUT2D eigenvalue weighted by Crippen LogP contribution is -2.72. The molecule has 2 aromatic rings. The third kappa shape index (κ3) is 4.16. The largest absolute Gasteiger partial charge is 0.477 e. The zero-order valence-electron chi connectivity index (χ0n) is 16.3. The number of nitrogens with one attached hydrogen (secondary N) is 1. The first-order valence-corrected chi connectivity index (χ1v) is 11.4. The van der Waals surface area contributed by atoms with Gasteiger partial charge in [-0.3, -0.25) is 14.5 Å². The molecule has 0 aliphatic carbocycles. The fraction of sp³-hybridized carbons (Fsp3) is 0.333. The Morgan fingerprint density at radius 1 is 1.32 bits per heavy atom. The molecule has 19 heteroatoms. The number of hydrogen-bond acceptors (Lipinski definition) is 13. The SMILES string of the molecule is Nc1nc(/C(=N/O)C(=O)N[C@@H]2C(=O)N3C(C(=O)O)=C(Sc4nnsc4C(F)(F)F)CC[C@H]23)ns1. The number of carboxylic acids is 1. The van der Waals surface area contributed by atoms with E-state index in [0.717, 1.165) is 16.4 Å². The highest BCUT2D eigenvalue weighted by Gasteiger charge is 2.54. The van der Waals surface area contributed by atoms with Crippen LogP contribution < -0.4 is 11.1 Å². The van der Waals surface area contributed by atoms with Crippen LogP contribution in [0.1, 0.15) is 23.5 Å². The van der Waals surface area contributed by atoms with Crippen molar-refractivity contribution in [2.45, 2.75) is 36.1 Å². The first-order valence-electron chi connectivity index (χ1n) is 9.02. The van der Waals surface area contributed by atoms with Gasteiger partial charge in [0.25, 0.3) is 11.8 Å². The Labute approximate surface area is 198 Å². The number of nitrogens with two attached hydrogens (primary N) is 1. The van der Waals surface area contributed by atoms with E-state index in [0.29, 0.717) is 11.8 Å². The number of amides is 2. The first kappa shape index (κ1) is 23.8. The zero-order valence-corrected chi connectivity index (χ0v) is 18.8.